The first-order valence-corrected chi connectivity index (χ1v) is 11.6. The molecule has 2 N–H and O–H groups in total. The molecule has 1 aliphatic rings. The van der Waals surface area contributed by atoms with Crippen LogP contribution in [-0.4, -0.2) is 20.6 Å². The van der Waals surface area contributed by atoms with Gasteiger partial charge in [-0.2, -0.15) is 0 Å². The van der Waals surface area contributed by atoms with Crippen molar-refractivity contribution >= 4 is 21.6 Å². The van der Waals surface area contributed by atoms with E-state index in [1.165, 1.54) is 5.56 Å². The molecule has 0 aliphatic heterocycles. The van der Waals surface area contributed by atoms with Crippen LogP contribution in [0.2, 0.25) is 0 Å². The fourth-order valence-corrected chi connectivity index (χ4v) is 4.61. The molecule has 1 fully saturated rings. The lowest BCUT2D eigenvalue weighted by atomic mass is 9.68. The molecule has 2 aromatic rings. The van der Waals surface area contributed by atoms with E-state index in [9.17, 15) is 13.2 Å². The second-order valence-electron chi connectivity index (χ2n) is 7.77. The maximum Gasteiger partial charge on any atom is 0.230 e. The third-order valence-corrected chi connectivity index (χ3v) is 6.02. The van der Waals surface area contributed by atoms with Crippen LogP contribution in [0.3, 0.4) is 0 Å². The molecule has 150 valence electrons. The van der Waals surface area contributed by atoms with E-state index in [-0.39, 0.29) is 5.91 Å². The second-order valence-corrected chi connectivity index (χ2v) is 9.51. The molecule has 0 radical (unpaired) electrons. The van der Waals surface area contributed by atoms with Crippen LogP contribution in [0.5, 0.6) is 0 Å². The fourth-order valence-electron chi connectivity index (χ4n) is 4.05. The molecular formula is C22H28N2O3S. The first kappa shape index (κ1) is 20.4. The average molecular weight is 401 g/mol. The molecule has 2 aromatic carbocycles. The zero-order chi connectivity index (χ0) is 20.2. The Morgan fingerprint density at radius 1 is 1.04 bits per heavy atom. The summed E-state index contributed by atoms with van der Waals surface area (Å²) in [6.07, 6.45) is 5.92. The van der Waals surface area contributed by atoms with Crippen molar-refractivity contribution in [2.24, 2.45) is 0 Å². The first-order chi connectivity index (χ1) is 13.3. The van der Waals surface area contributed by atoms with E-state index in [0.29, 0.717) is 12.2 Å². The van der Waals surface area contributed by atoms with Gasteiger partial charge in [0, 0.05) is 12.2 Å². The van der Waals surface area contributed by atoms with Gasteiger partial charge < -0.3 is 5.32 Å². The quantitative estimate of drug-likeness (QED) is 0.773. The summed E-state index contributed by atoms with van der Waals surface area (Å²) in [4.78, 5) is 13.3. The molecule has 0 spiro atoms. The van der Waals surface area contributed by atoms with Crippen molar-refractivity contribution in [3.63, 3.8) is 0 Å². The summed E-state index contributed by atoms with van der Waals surface area (Å²) >= 11 is 0. The third-order valence-electron chi connectivity index (χ3n) is 5.42. The molecule has 6 heteroatoms. The highest BCUT2D eigenvalue weighted by Gasteiger charge is 2.40. The van der Waals surface area contributed by atoms with Gasteiger partial charge in [-0.15, -0.1) is 0 Å². The minimum Gasteiger partial charge on any atom is -0.351 e. The van der Waals surface area contributed by atoms with Crippen LogP contribution in [0.1, 0.15) is 48.8 Å². The van der Waals surface area contributed by atoms with Crippen molar-refractivity contribution in [1.82, 2.24) is 5.32 Å². The first-order valence-electron chi connectivity index (χ1n) is 9.71. The monoisotopic (exact) mass is 400 g/mol. The van der Waals surface area contributed by atoms with E-state index in [1.807, 2.05) is 37.3 Å². The van der Waals surface area contributed by atoms with Gasteiger partial charge in [-0.25, -0.2) is 8.42 Å². The van der Waals surface area contributed by atoms with E-state index in [4.69, 9.17) is 0 Å². The predicted octanol–water partition coefficient (Wildman–Crippen LogP) is 3.88. The summed E-state index contributed by atoms with van der Waals surface area (Å²) in [7, 11) is -3.32. The Kier molecular flexibility index (Phi) is 6.08. The summed E-state index contributed by atoms with van der Waals surface area (Å²) < 4.78 is 25.3. The Morgan fingerprint density at radius 3 is 2.32 bits per heavy atom. The van der Waals surface area contributed by atoms with Crippen LogP contribution in [0.4, 0.5) is 5.69 Å². The van der Waals surface area contributed by atoms with Gasteiger partial charge in [0.15, 0.2) is 0 Å². The summed E-state index contributed by atoms with van der Waals surface area (Å²) in [5, 5.41) is 3.14. The highest BCUT2D eigenvalue weighted by Crippen LogP contribution is 2.40. The Morgan fingerprint density at radius 2 is 1.71 bits per heavy atom. The molecule has 1 saturated carbocycles. The number of benzene rings is 2. The van der Waals surface area contributed by atoms with Crippen molar-refractivity contribution in [2.75, 3.05) is 11.0 Å². The lowest BCUT2D eigenvalue weighted by Crippen LogP contribution is -2.45. The maximum absolute atomic E-state index is 13.3. The molecule has 5 nitrogen and oxygen atoms in total. The van der Waals surface area contributed by atoms with Gasteiger partial charge in [-0.3, -0.25) is 9.52 Å². The van der Waals surface area contributed by atoms with Crippen LogP contribution in [0.25, 0.3) is 0 Å². The summed E-state index contributed by atoms with van der Waals surface area (Å²) in [5.41, 5.74) is 3.18. The van der Waals surface area contributed by atoms with Crippen molar-refractivity contribution < 1.29 is 13.2 Å². The molecule has 0 aromatic heterocycles. The van der Waals surface area contributed by atoms with Gasteiger partial charge in [-0.05, 0) is 43.0 Å². The topological polar surface area (TPSA) is 75.3 Å². The average Bonchev–Trinajstić information content (AvgIpc) is 2.66. The number of nitrogens with one attached hydrogen (secondary N) is 2. The number of rotatable bonds is 6. The minimum absolute atomic E-state index is 0.0533. The molecule has 3 rings (SSSR count). The standard InChI is InChI=1S/C22H28N2O3S/c1-17-7-6-8-18(15-17)16-23-21(25)22(13-4-3-5-14-22)19-9-11-20(12-10-19)24-28(2,26)27/h6-12,15,24H,3-5,13-14,16H2,1-2H3,(H,23,25). The summed E-state index contributed by atoms with van der Waals surface area (Å²) in [6, 6.07) is 15.4. The van der Waals surface area contributed by atoms with Crippen LogP contribution in [0.15, 0.2) is 48.5 Å². The largest absolute Gasteiger partial charge is 0.351 e. The highest BCUT2D eigenvalue weighted by molar-refractivity contribution is 7.92. The van der Waals surface area contributed by atoms with E-state index in [2.05, 4.69) is 16.1 Å². The van der Waals surface area contributed by atoms with Crippen LogP contribution >= 0.6 is 0 Å². The molecule has 0 unspecified atom stereocenters. The van der Waals surface area contributed by atoms with Gasteiger partial charge >= 0.3 is 0 Å². The van der Waals surface area contributed by atoms with Crippen molar-refractivity contribution in [2.45, 2.75) is 51.0 Å². The normalized spacial score (nSPS) is 16.4. The van der Waals surface area contributed by atoms with Gasteiger partial charge in [0.1, 0.15) is 0 Å². The SMILES string of the molecule is Cc1cccc(CNC(=O)C2(c3ccc(NS(C)(=O)=O)cc3)CCCCC2)c1. The van der Waals surface area contributed by atoms with Crippen molar-refractivity contribution in [3.8, 4) is 0 Å². The second kappa shape index (κ2) is 8.35. The third kappa shape index (κ3) is 4.93. The van der Waals surface area contributed by atoms with E-state index >= 15 is 0 Å². The van der Waals surface area contributed by atoms with E-state index in [1.54, 1.807) is 12.1 Å². The fraction of sp³-hybridized carbons (Fsp3) is 0.409. The summed E-state index contributed by atoms with van der Waals surface area (Å²) in [5.74, 6) is 0.0533. The maximum atomic E-state index is 13.3. The van der Waals surface area contributed by atoms with Gasteiger partial charge in [0.25, 0.3) is 0 Å². The lowest BCUT2D eigenvalue weighted by Gasteiger charge is -2.36. The van der Waals surface area contributed by atoms with Crippen molar-refractivity contribution in [3.05, 3.63) is 65.2 Å². The van der Waals surface area contributed by atoms with Crippen molar-refractivity contribution in [1.29, 1.82) is 0 Å². The van der Waals surface area contributed by atoms with Gasteiger partial charge in [0.2, 0.25) is 15.9 Å². The van der Waals surface area contributed by atoms with Gasteiger partial charge in [-0.1, -0.05) is 61.2 Å². The highest BCUT2D eigenvalue weighted by atomic mass is 32.2. The number of anilines is 1. The smallest absolute Gasteiger partial charge is 0.230 e. The predicted molar refractivity (Wildman–Crippen MR) is 113 cm³/mol. The number of sulfonamides is 1. The van der Waals surface area contributed by atoms with E-state index in [0.717, 1.165) is 49.5 Å². The summed E-state index contributed by atoms with van der Waals surface area (Å²) in [6.45, 7) is 2.55. The molecule has 0 heterocycles. The zero-order valence-electron chi connectivity index (χ0n) is 16.5. The number of amides is 1. The van der Waals surface area contributed by atoms with Crippen LogP contribution < -0.4 is 10.0 Å². The molecule has 0 atom stereocenters. The van der Waals surface area contributed by atoms with Gasteiger partial charge in [0.05, 0.1) is 11.7 Å². The minimum atomic E-state index is -3.32. The molecule has 0 bridgehead atoms. The number of carbonyl (C=O) groups excluding carboxylic acids is 1. The number of hydrogen-bond donors (Lipinski definition) is 2. The van der Waals surface area contributed by atoms with Crippen LogP contribution in [-0.2, 0) is 26.8 Å². The number of aryl methyl sites for hydroxylation is 1. The Bertz CT molecular complexity index is 931. The number of hydrogen-bond acceptors (Lipinski definition) is 3. The number of carbonyl (C=O) groups is 1. The molecular weight excluding hydrogens is 372 g/mol. The molecule has 0 saturated heterocycles. The van der Waals surface area contributed by atoms with E-state index < -0.39 is 15.4 Å². The van der Waals surface area contributed by atoms with Crippen LogP contribution in [0, 0.1) is 6.92 Å². The lowest BCUT2D eigenvalue weighted by molar-refractivity contribution is -0.128. The molecule has 1 aliphatic carbocycles. The zero-order valence-corrected chi connectivity index (χ0v) is 17.3. The Balaban J connectivity index is 1.80. The molecule has 28 heavy (non-hydrogen) atoms. The Labute approximate surface area is 167 Å². The Hall–Kier alpha value is -2.34. The molecule has 1 amide bonds.